The van der Waals surface area contributed by atoms with Crippen LogP contribution in [0.1, 0.15) is 31.0 Å². The van der Waals surface area contributed by atoms with E-state index in [0.717, 1.165) is 17.6 Å². The summed E-state index contributed by atoms with van der Waals surface area (Å²) in [5, 5.41) is 7.65. The summed E-state index contributed by atoms with van der Waals surface area (Å²) < 4.78 is 2.95. The van der Waals surface area contributed by atoms with Crippen LogP contribution in [0.3, 0.4) is 0 Å². The van der Waals surface area contributed by atoms with Gasteiger partial charge in [-0.1, -0.05) is 13.0 Å². The van der Waals surface area contributed by atoms with Gasteiger partial charge < -0.3 is 10.2 Å². The summed E-state index contributed by atoms with van der Waals surface area (Å²) in [6.45, 7) is 6.13. The smallest absolute Gasteiger partial charge is 0.0539 e. The van der Waals surface area contributed by atoms with Crippen molar-refractivity contribution in [1.29, 1.82) is 0 Å². The highest BCUT2D eigenvalue weighted by molar-refractivity contribution is 9.10. The van der Waals surface area contributed by atoms with Crippen LogP contribution in [0.15, 0.2) is 35.1 Å². The molecule has 2 rings (SSSR count). The second kappa shape index (κ2) is 7.09. The Morgan fingerprint density at radius 3 is 2.76 bits per heavy atom. The highest BCUT2D eigenvalue weighted by Gasteiger charge is 2.11. The minimum absolute atomic E-state index is 0.365. The molecular formula is C16H23BrN4. The van der Waals surface area contributed by atoms with Gasteiger partial charge in [0.25, 0.3) is 0 Å². The molecule has 0 bridgehead atoms. The minimum Gasteiger partial charge on any atom is -0.369 e. The van der Waals surface area contributed by atoms with E-state index >= 15 is 0 Å². The number of rotatable bonds is 6. The van der Waals surface area contributed by atoms with Crippen LogP contribution < -0.4 is 10.2 Å². The number of hydrogen-bond acceptors (Lipinski definition) is 3. The first kappa shape index (κ1) is 16.0. The van der Waals surface area contributed by atoms with E-state index in [4.69, 9.17) is 0 Å². The Hall–Kier alpha value is -1.33. The van der Waals surface area contributed by atoms with Crippen LogP contribution in [0.25, 0.3) is 0 Å². The number of hydrogen-bond donors (Lipinski definition) is 1. The number of aryl methyl sites for hydroxylation is 1. The molecule has 2 aromatic rings. The molecule has 0 aliphatic carbocycles. The SMILES string of the molecule is CCNC(C)c1ccc(N(C)Cc2cnn(C)c2)c(Br)c1. The predicted octanol–water partition coefficient (Wildman–Crippen LogP) is 3.49. The number of aromatic nitrogens is 2. The summed E-state index contributed by atoms with van der Waals surface area (Å²) in [5.74, 6) is 0. The van der Waals surface area contributed by atoms with Gasteiger partial charge in [-0.05, 0) is 47.1 Å². The fourth-order valence-electron chi connectivity index (χ4n) is 2.44. The minimum atomic E-state index is 0.365. The summed E-state index contributed by atoms with van der Waals surface area (Å²) >= 11 is 3.70. The molecule has 0 fully saturated rings. The van der Waals surface area contributed by atoms with Crippen molar-refractivity contribution in [2.45, 2.75) is 26.4 Å². The molecule has 114 valence electrons. The maximum absolute atomic E-state index is 4.21. The normalized spacial score (nSPS) is 12.4. The zero-order valence-electron chi connectivity index (χ0n) is 13.1. The van der Waals surface area contributed by atoms with E-state index in [9.17, 15) is 0 Å². The van der Waals surface area contributed by atoms with Gasteiger partial charge in [0.15, 0.2) is 0 Å². The van der Waals surface area contributed by atoms with Crippen molar-refractivity contribution in [2.24, 2.45) is 7.05 Å². The molecule has 1 heterocycles. The molecule has 1 unspecified atom stereocenters. The van der Waals surface area contributed by atoms with Crippen LogP contribution in [0, 0.1) is 0 Å². The third kappa shape index (κ3) is 4.08. The van der Waals surface area contributed by atoms with E-state index in [1.54, 1.807) is 0 Å². The van der Waals surface area contributed by atoms with Crippen molar-refractivity contribution in [1.82, 2.24) is 15.1 Å². The monoisotopic (exact) mass is 350 g/mol. The Balaban J connectivity index is 2.12. The van der Waals surface area contributed by atoms with Gasteiger partial charge in [-0.15, -0.1) is 0 Å². The topological polar surface area (TPSA) is 33.1 Å². The Morgan fingerprint density at radius 1 is 1.43 bits per heavy atom. The lowest BCUT2D eigenvalue weighted by atomic mass is 10.1. The highest BCUT2D eigenvalue weighted by atomic mass is 79.9. The standard InChI is InChI=1S/C16H23BrN4/c1-5-18-12(2)14-6-7-16(15(17)8-14)20(3)10-13-9-19-21(4)11-13/h6-9,11-12,18H,5,10H2,1-4H3. The quantitative estimate of drug-likeness (QED) is 0.865. The van der Waals surface area contributed by atoms with Gasteiger partial charge >= 0.3 is 0 Å². The molecule has 21 heavy (non-hydrogen) atoms. The zero-order chi connectivity index (χ0) is 15.4. The highest BCUT2D eigenvalue weighted by Crippen LogP contribution is 2.29. The van der Waals surface area contributed by atoms with Gasteiger partial charge in [0.1, 0.15) is 0 Å². The first-order chi connectivity index (χ1) is 10.0. The molecule has 0 radical (unpaired) electrons. The summed E-state index contributed by atoms with van der Waals surface area (Å²) in [5.41, 5.74) is 3.69. The Morgan fingerprint density at radius 2 is 2.19 bits per heavy atom. The van der Waals surface area contributed by atoms with Crippen LogP contribution in [-0.4, -0.2) is 23.4 Å². The second-order valence-electron chi connectivity index (χ2n) is 5.37. The first-order valence-corrected chi connectivity index (χ1v) is 8.02. The zero-order valence-corrected chi connectivity index (χ0v) is 14.7. The van der Waals surface area contributed by atoms with E-state index in [0.29, 0.717) is 6.04 Å². The fraction of sp³-hybridized carbons (Fsp3) is 0.438. The predicted molar refractivity (Wildman–Crippen MR) is 91.5 cm³/mol. The average molecular weight is 351 g/mol. The van der Waals surface area contributed by atoms with Crippen molar-refractivity contribution >= 4 is 21.6 Å². The number of anilines is 1. The van der Waals surface area contributed by atoms with E-state index in [-0.39, 0.29) is 0 Å². The lowest BCUT2D eigenvalue weighted by molar-refractivity contribution is 0.598. The van der Waals surface area contributed by atoms with Crippen LogP contribution in [0.4, 0.5) is 5.69 Å². The molecular weight excluding hydrogens is 328 g/mol. The molecule has 1 atom stereocenters. The maximum atomic E-state index is 4.21. The van der Waals surface area contributed by atoms with Crippen molar-refractivity contribution in [3.8, 4) is 0 Å². The van der Waals surface area contributed by atoms with Crippen LogP contribution in [-0.2, 0) is 13.6 Å². The summed E-state index contributed by atoms with van der Waals surface area (Å²) in [7, 11) is 4.04. The van der Waals surface area contributed by atoms with Crippen LogP contribution in [0.5, 0.6) is 0 Å². The van der Waals surface area contributed by atoms with Crippen molar-refractivity contribution in [3.63, 3.8) is 0 Å². The summed E-state index contributed by atoms with van der Waals surface area (Å²) in [6.07, 6.45) is 3.96. The number of nitrogens with zero attached hydrogens (tertiary/aromatic N) is 3. The molecule has 0 saturated carbocycles. The molecule has 1 aromatic carbocycles. The second-order valence-corrected chi connectivity index (χ2v) is 6.22. The van der Waals surface area contributed by atoms with Gasteiger partial charge in [0, 0.05) is 42.9 Å². The Bertz CT molecular complexity index is 594. The molecule has 0 spiro atoms. The number of halogens is 1. The molecule has 0 amide bonds. The molecule has 1 N–H and O–H groups in total. The van der Waals surface area contributed by atoms with Crippen molar-refractivity contribution in [3.05, 3.63) is 46.2 Å². The van der Waals surface area contributed by atoms with Gasteiger partial charge in [-0.2, -0.15) is 5.10 Å². The third-order valence-electron chi connectivity index (χ3n) is 3.57. The van der Waals surface area contributed by atoms with E-state index in [1.165, 1.54) is 16.8 Å². The van der Waals surface area contributed by atoms with Gasteiger partial charge in [0.2, 0.25) is 0 Å². The van der Waals surface area contributed by atoms with Crippen molar-refractivity contribution in [2.75, 3.05) is 18.5 Å². The van der Waals surface area contributed by atoms with E-state index in [2.05, 4.69) is 70.3 Å². The average Bonchev–Trinajstić information content (AvgIpc) is 2.84. The molecule has 0 saturated heterocycles. The summed E-state index contributed by atoms with van der Waals surface area (Å²) in [4.78, 5) is 2.22. The molecule has 0 aliphatic heterocycles. The first-order valence-electron chi connectivity index (χ1n) is 7.22. The van der Waals surface area contributed by atoms with Gasteiger partial charge in [0.05, 0.1) is 11.9 Å². The van der Waals surface area contributed by atoms with E-state index < -0.39 is 0 Å². The summed E-state index contributed by atoms with van der Waals surface area (Å²) in [6, 6.07) is 6.92. The largest absolute Gasteiger partial charge is 0.369 e. The lowest BCUT2D eigenvalue weighted by Gasteiger charge is -2.22. The molecule has 0 aliphatic rings. The number of nitrogens with one attached hydrogen (secondary N) is 1. The lowest BCUT2D eigenvalue weighted by Crippen LogP contribution is -2.19. The fourth-order valence-corrected chi connectivity index (χ4v) is 3.14. The maximum Gasteiger partial charge on any atom is 0.0539 e. The van der Waals surface area contributed by atoms with Gasteiger partial charge in [-0.3, -0.25) is 4.68 Å². The number of benzene rings is 1. The Labute approximate surface area is 135 Å². The van der Waals surface area contributed by atoms with Crippen LogP contribution >= 0.6 is 15.9 Å². The van der Waals surface area contributed by atoms with Crippen molar-refractivity contribution < 1.29 is 0 Å². The molecule has 4 nitrogen and oxygen atoms in total. The van der Waals surface area contributed by atoms with Gasteiger partial charge in [-0.25, -0.2) is 0 Å². The van der Waals surface area contributed by atoms with Crippen LogP contribution in [0.2, 0.25) is 0 Å². The Kier molecular flexibility index (Phi) is 5.42. The third-order valence-corrected chi connectivity index (χ3v) is 4.21. The molecule has 5 heteroatoms. The van der Waals surface area contributed by atoms with E-state index in [1.807, 2.05) is 24.1 Å². The molecule has 1 aromatic heterocycles.